The van der Waals surface area contributed by atoms with E-state index < -0.39 is 0 Å². The number of Topliss-reactive ketones (excluding diaryl/α,β-unsaturated/α-hetero) is 1. The normalized spacial score (nSPS) is 11.2. The molecule has 0 amide bonds. The van der Waals surface area contributed by atoms with Gasteiger partial charge in [-0.1, -0.05) is 38.1 Å². The molecule has 0 saturated heterocycles. The third kappa shape index (κ3) is 4.74. The predicted octanol–water partition coefficient (Wildman–Crippen LogP) is 4.71. The van der Waals surface area contributed by atoms with Gasteiger partial charge in [-0.2, -0.15) is 0 Å². The Hall–Kier alpha value is -2.92. The minimum Gasteiger partial charge on any atom is -0.497 e. The summed E-state index contributed by atoms with van der Waals surface area (Å²) in [7, 11) is 1.57. The van der Waals surface area contributed by atoms with Gasteiger partial charge in [-0.25, -0.2) is 0 Å². The molecular weight excluding hydrogens is 368 g/mol. The number of methoxy groups -OCH3 is 1. The SMILES string of the molecule is COc1ccc2oc(CCC(=O)CC(C)C)c(C(=O)c3ccc(CO)cc3)c2c1. The summed E-state index contributed by atoms with van der Waals surface area (Å²) in [6.07, 6.45) is 1.22. The molecule has 0 radical (unpaired) electrons. The van der Waals surface area contributed by atoms with Gasteiger partial charge in [-0.05, 0) is 29.7 Å². The summed E-state index contributed by atoms with van der Waals surface area (Å²) in [5.74, 6) is 1.43. The minimum atomic E-state index is -0.173. The van der Waals surface area contributed by atoms with Gasteiger partial charge in [0.05, 0.1) is 19.3 Å². The summed E-state index contributed by atoms with van der Waals surface area (Å²) in [5, 5.41) is 9.91. The van der Waals surface area contributed by atoms with Crippen molar-refractivity contribution in [2.75, 3.05) is 7.11 Å². The molecule has 3 aromatic rings. The van der Waals surface area contributed by atoms with Gasteiger partial charge in [0, 0.05) is 30.2 Å². The van der Waals surface area contributed by atoms with E-state index in [1.54, 1.807) is 49.6 Å². The lowest BCUT2D eigenvalue weighted by Crippen LogP contribution is -2.07. The molecule has 0 atom stereocenters. The van der Waals surface area contributed by atoms with Crippen molar-refractivity contribution in [2.45, 2.75) is 39.7 Å². The Kier molecular flexibility index (Phi) is 6.49. The lowest BCUT2D eigenvalue weighted by Gasteiger charge is -2.06. The number of rotatable bonds is 9. The smallest absolute Gasteiger partial charge is 0.197 e. The number of hydrogen-bond donors (Lipinski definition) is 1. The highest BCUT2D eigenvalue weighted by Gasteiger charge is 2.23. The maximum atomic E-state index is 13.3. The Morgan fingerprint density at radius 3 is 2.45 bits per heavy atom. The molecule has 0 fully saturated rings. The van der Waals surface area contributed by atoms with E-state index in [1.807, 2.05) is 13.8 Å². The van der Waals surface area contributed by atoms with Crippen molar-refractivity contribution < 1.29 is 23.8 Å². The number of hydrogen-bond acceptors (Lipinski definition) is 5. The van der Waals surface area contributed by atoms with Gasteiger partial charge in [0.1, 0.15) is 22.9 Å². The Morgan fingerprint density at radius 1 is 1.10 bits per heavy atom. The standard InChI is InChI=1S/C24H26O5/c1-15(2)12-18(26)8-10-22-23(20-13-19(28-3)9-11-21(20)29-22)24(27)17-6-4-16(14-25)5-7-17/h4-7,9,11,13,15,25H,8,10,12,14H2,1-3H3. The summed E-state index contributed by atoms with van der Waals surface area (Å²) < 4.78 is 11.3. The summed E-state index contributed by atoms with van der Waals surface area (Å²) in [5.41, 5.74) is 2.29. The second-order valence-corrected chi connectivity index (χ2v) is 7.58. The molecule has 0 aliphatic carbocycles. The van der Waals surface area contributed by atoms with Crippen LogP contribution in [-0.2, 0) is 17.8 Å². The molecule has 3 rings (SSSR count). The third-order valence-corrected chi connectivity index (χ3v) is 4.86. The van der Waals surface area contributed by atoms with Crippen LogP contribution in [0.3, 0.4) is 0 Å². The van der Waals surface area contributed by atoms with E-state index in [9.17, 15) is 14.7 Å². The van der Waals surface area contributed by atoms with Crippen LogP contribution in [0.1, 0.15) is 53.9 Å². The van der Waals surface area contributed by atoms with Gasteiger partial charge in [0.25, 0.3) is 0 Å². The quantitative estimate of drug-likeness (QED) is 0.532. The largest absolute Gasteiger partial charge is 0.497 e. The number of carbonyl (C=O) groups excluding carboxylic acids is 2. The predicted molar refractivity (Wildman–Crippen MR) is 111 cm³/mol. The van der Waals surface area contributed by atoms with Crippen molar-refractivity contribution >= 4 is 22.5 Å². The fourth-order valence-electron chi connectivity index (χ4n) is 3.40. The summed E-state index contributed by atoms with van der Waals surface area (Å²) >= 11 is 0. The van der Waals surface area contributed by atoms with E-state index in [0.717, 1.165) is 5.56 Å². The van der Waals surface area contributed by atoms with Gasteiger partial charge in [-0.15, -0.1) is 0 Å². The highest BCUT2D eigenvalue weighted by atomic mass is 16.5. The van der Waals surface area contributed by atoms with Crippen LogP contribution in [0.2, 0.25) is 0 Å². The van der Waals surface area contributed by atoms with Crippen LogP contribution in [0.25, 0.3) is 11.0 Å². The molecule has 1 aromatic heterocycles. The second kappa shape index (κ2) is 9.05. The lowest BCUT2D eigenvalue weighted by molar-refractivity contribution is -0.119. The first-order valence-electron chi connectivity index (χ1n) is 9.78. The second-order valence-electron chi connectivity index (χ2n) is 7.58. The van der Waals surface area contributed by atoms with Crippen LogP contribution in [0.15, 0.2) is 46.9 Å². The van der Waals surface area contributed by atoms with E-state index in [-0.39, 0.29) is 18.2 Å². The first-order valence-corrected chi connectivity index (χ1v) is 9.78. The van der Waals surface area contributed by atoms with E-state index in [2.05, 4.69) is 0 Å². The molecule has 1 N–H and O–H groups in total. The molecule has 0 aliphatic heterocycles. The topological polar surface area (TPSA) is 76.7 Å². The number of benzene rings is 2. The number of furan rings is 1. The monoisotopic (exact) mass is 394 g/mol. The molecule has 5 heteroatoms. The number of ketones is 2. The lowest BCUT2D eigenvalue weighted by atomic mass is 9.96. The summed E-state index contributed by atoms with van der Waals surface area (Å²) in [4.78, 5) is 25.5. The number of ether oxygens (including phenoxy) is 1. The van der Waals surface area contributed by atoms with Crippen LogP contribution < -0.4 is 4.74 Å². The molecular formula is C24H26O5. The van der Waals surface area contributed by atoms with Crippen molar-refractivity contribution in [3.8, 4) is 5.75 Å². The molecule has 2 aromatic carbocycles. The van der Waals surface area contributed by atoms with E-state index in [4.69, 9.17) is 9.15 Å². The van der Waals surface area contributed by atoms with Crippen molar-refractivity contribution in [1.29, 1.82) is 0 Å². The molecule has 0 spiro atoms. The van der Waals surface area contributed by atoms with Crippen LogP contribution in [0.4, 0.5) is 0 Å². The number of fused-ring (bicyclic) bond motifs is 1. The zero-order valence-electron chi connectivity index (χ0n) is 17.0. The molecule has 29 heavy (non-hydrogen) atoms. The zero-order chi connectivity index (χ0) is 21.0. The fraction of sp³-hybridized carbons (Fsp3) is 0.333. The Morgan fingerprint density at radius 2 is 1.83 bits per heavy atom. The fourth-order valence-corrected chi connectivity index (χ4v) is 3.40. The Labute approximate surface area is 170 Å². The average Bonchev–Trinajstić information content (AvgIpc) is 3.08. The molecule has 0 bridgehead atoms. The molecule has 0 saturated carbocycles. The summed E-state index contributed by atoms with van der Waals surface area (Å²) in [6.45, 7) is 3.94. The van der Waals surface area contributed by atoms with E-state index in [1.165, 1.54) is 0 Å². The molecule has 5 nitrogen and oxygen atoms in total. The van der Waals surface area contributed by atoms with Gasteiger partial charge in [0.2, 0.25) is 0 Å². The van der Waals surface area contributed by atoms with Crippen LogP contribution in [0, 0.1) is 5.92 Å². The number of carbonyl (C=O) groups is 2. The molecule has 0 aliphatic rings. The third-order valence-electron chi connectivity index (χ3n) is 4.86. The first-order chi connectivity index (χ1) is 13.9. The number of aryl methyl sites for hydroxylation is 1. The van der Waals surface area contributed by atoms with Crippen molar-refractivity contribution in [3.05, 3.63) is 64.9 Å². The Bertz CT molecular complexity index is 1010. The molecule has 0 unspecified atom stereocenters. The summed E-state index contributed by atoms with van der Waals surface area (Å²) in [6, 6.07) is 12.2. The van der Waals surface area contributed by atoms with Gasteiger partial charge < -0.3 is 14.3 Å². The van der Waals surface area contributed by atoms with Crippen LogP contribution >= 0.6 is 0 Å². The van der Waals surface area contributed by atoms with E-state index >= 15 is 0 Å². The van der Waals surface area contributed by atoms with E-state index in [0.29, 0.717) is 58.8 Å². The number of aliphatic hydroxyl groups excluding tert-OH is 1. The van der Waals surface area contributed by atoms with Crippen molar-refractivity contribution in [1.82, 2.24) is 0 Å². The molecule has 152 valence electrons. The van der Waals surface area contributed by atoms with Crippen molar-refractivity contribution in [2.24, 2.45) is 5.92 Å². The van der Waals surface area contributed by atoms with Crippen LogP contribution in [0.5, 0.6) is 5.75 Å². The highest BCUT2D eigenvalue weighted by molar-refractivity contribution is 6.17. The van der Waals surface area contributed by atoms with Crippen LogP contribution in [-0.4, -0.2) is 23.8 Å². The number of aliphatic hydroxyl groups is 1. The highest BCUT2D eigenvalue weighted by Crippen LogP contribution is 2.32. The first kappa shape index (κ1) is 20.8. The minimum absolute atomic E-state index is 0.0798. The maximum absolute atomic E-state index is 13.3. The van der Waals surface area contributed by atoms with Crippen molar-refractivity contribution in [3.63, 3.8) is 0 Å². The average molecular weight is 394 g/mol. The molecule has 1 heterocycles. The maximum Gasteiger partial charge on any atom is 0.197 e. The van der Waals surface area contributed by atoms with Gasteiger partial charge in [0.15, 0.2) is 5.78 Å². The Balaban J connectivity index is 2.00. The van der Waals surface area contributed by atoms with Gasteiger partial charge >= 0.3 is 0 Å². The zero-order valence-corrected chi connectivity index (χ0v) is 17.0. The van der Waals surface area contributed by atoms with Gasteiger partial charge in [-0.3, -0.25) is 9.59 Å².